The smallest absolute Gasteiger partial charge is 0.117 e. The van der Waals surface area contributed by atoms with E-state index in [-0.39, 0.29) is 6.10 Å². The van der Waals surface area contributed by atoms with Gasteiger partial charge in [-0.25, -0.2) is 0 Å². The molecule has 1 aliphatic rings. The average Bonchev–Trinajstić information content (AvgIpc) is 3.17. The van der Waals surface area contributed by atoms with Crippen LogP contribution in [0, 0.1) is 11.3 Å². The van der Waals surface area contributed by atoms with Gasteiger partial charge in [-0.1, -0.05) is 24.3 Å². The van der Waals surface area contributed by atoms with Gasteiger partial charge in [-0.15, -0.1) is 0 Å². The van der Waals surface area contributed by atoms with E-state index in [1.165, 1.54) is 11.1 Å². The first-order valence-electron chi connectivity index (χ1n) is 9.25. The highest BCUT2D eigenvalue weighted by molar-refractivity contribution is 5.31. The molecule has 0 amide bonds. The number of rotatable bonds is 9. The molecule has 0 aliphatic heterocycles. The third-order valence-electron chi connectivity index (χ3n) is 4.77. The predicted octanol–water partition coefficient (Wildman–Crippen LogP) is 3.45. The number of aliphatic hydroxyl groups excluding tert-OH is 1. The second-order valence-corrected chi connectivity index (χ2v) is 6.79. The largest absolute Gasteiger partial charge is 0.468 e. The summed E-state index contributed by atoms with van der Waals surface area (Å²) in [5, 5.41) is 19.3. The molecule has 1 aliphatic carbocycles. The summed E-state index contributed by atoms with van der Waals surface area (Å²) in [7, 11) is 0. The van der Waals surface area contributed by atoms with E-state index in [4.69, 9.17) is 14.4 Å². The molecule has 2 aromatic rings. The first kappa shape index (κ1) is 18.7. The number of nitrogens with zero attached hydrogens (tertiary/aromatic N) is 2. The molecule has 1 aromatic heterocycles. The van der Waals surface area contributed by atoms with Crippen molar-refractivity contribution in [1.82, 2.24) is 4.90 Å². The van der Waals surface area contributed by atoms with Crippen molar-refractivity contribution < 1.29 is 14.3 Å². The maximum atomic E-state index is 10.4. The van der Waals surface area contributed by atoms with Crippen LogP contribution in [0.5, 0.6) is 0 Å². The topological polar surface area (TPSA) is 69.6 Å². The zero-order valence-corrected chi connectivity index (χ0v) is 15.0. The number of benzene rings is 1. The van der Waals surface area contributed by atoms with Gasteiger partial charge in [0.05, 0.1) is 37.7 Å². The van der Waals surface area contributed by atoms with Crippen molar-refractivity contribution in [2.24, 2.45) is 0 Å². The molecule has 26 heavy (non-hydrogen) atoms. The summed E-state index contributed by atoms with van der Waals surface area (Å²) in [6.07, 6.45) is 4.73. The lowest BCUT2D eigenvalue weighted by molar-refractivity contribution is -0.0292. The molecule has 5 heteroatoms. The SMILES string of the molecule is N#CCCN(Cc1ccco1)C[C@@H](O)CO[C@@H]1CCCc2ccccc21. The lowest BCUT2D eigenvalue weighted by Crippen LogP contribution is -2.35. The minimum atomic E-state index is -0.599. The highest BCUT2D eigenvalue weighted by Gasteiger charge is 2.22. The lowest BCUT2D eigenvalue weighted by atomic mass is 9.89. The Bertz CT molecular complexity index is 708. The van der Waals surface area contributed by atoms with Crippen molar-refractivity contribution >= 4 is 0 Å². The molecular weight excluding hydrogens is 328 g/mol. The quantitative estimate of drug-likeness (QED) is 0.747. The standard InChI is InChI=1S/C21H26N2O3/c22-11-5-12-23(15-19-8-4-13-25-19)14-18(24)16-26-21-10-3-7-17-6-1-2-9-20(17)21/h1-2,4,6,8-9,13,18,21,24H,3,5,7,10,12,14-16H2/t18-,21-/m1/s1. The average molecular weight is 354 g/mol. The highest BCUT2D eigenvalue weighted by Crippen LogP contribution is 2.32. The van der Waals surface area contributed by atoms with Gasteiger partial charge in [0.25, 0.3) is 0 Å². The Hall–Kier alpha value is -2.13. The molecule has 0 fully saturated rings. The van der Waals surface area contributed by atoms with Crippen LogP contribution < -0.4 is 0 Å². The van der Waals surface area contributed by atoms with Gasteiger partial charge in [0.1, 0.15) is 5.76 Å². The van der Waals surface area contributed by atoms with Gasteiger partial charge in [-0.2, -0.15) is 5.26 Å². The summed E-state index contributed by atoms with van der Waals surface area (Å²) in [5.74, 6) is 0.831. The van der Waals surface area contributed by atoms with E-state index in [2.05, 4.69) is 24.3 Å². The van der Waals surface area contributed by atoms with E-state index in [1.54, 1.807) is 6.26 Å². The number of fused-ring (bicyclic) bond motifs is 1. The van der Waals surface area contributed by atoms with Crippen LogP contribution in [0.2, 0.25) is 0 Å². The van der Waals surface area contributed by atoms with E-state index in [1.807, 2.05) is 23.1 Å². The van der Waals surface area contributed by atoms with Crippen molar-refractivity contribution in [1.29, 1.82) is 5.26 Å². The number of aliphatic hydroxyl groups is 1. The van der Waals surface area contributed by atoms with Gasteiger partial charge in [0, 0.05) is 19.5 Å². The molecule has 0 saturated heterocycles. The second-order valence-electron chi connectivity index (χ2n) is 6.79. The fraction of sp³-hybridized carbons (Fsp3) is 0.476. The Morgan fingerprint density at radius 2 is 2.19 bits per heavy atom. The Kier molecular flexibility index (Phi) is 6.84. The van der Waals surface area contributed by atoms with Crippen molar-refractivity contribution in [3.63, 3.8) is 0 Å². The molecule has 1 N–H and O–H groups in total. The van der Waals surface area contributed by atoms with Crippen molar-refractivity contribution in [2.75, 3.05) is 19.7 Å². The van der Waals surface area contributed by atoms with Gasteiger partial charge in [-0.05, 0) is 42.5 Å². The summed E-state index contributed by atoms with van der Waals surface area (Å²) in [6.45, 7) is 1.93. The molecule has 138 valence electrons. The third-order valence-corrected chi connectivity index (χ3v) is 4.77. The van der Waals surface area contributed by atoms with Gasteiger partial charge >= 0.3 is 0 Å². The summed E-state index contributed by atoms with van der Waals surface area (Å²) < 4.78 is 11.4. The number of furan rings is 1. The van der Waals surface area contributed by atoms with Gasteiger partial charge in [-0.3, -0.25) is 4.90 Å². The molecule has 0 unspecified atom stereocenters. The number of aryl methyl sites for hydroxylation is 1. The minimum absolute atomic E-state index is 0.0623. The van der Waals surface area contributed by atoms with Crippen LogP contribution in [0.3, 0.4) is 0 Å². The van der Waals surface area contributed by atoms with Crippen molar-refractivity contribution in [3.05, 3.63) is 59.5 Å². The highest BCUT2D eigenvalue weighted by atomic mass is 16.5. The molecule has 0 spiro atoms. The van der Waals surface area contributed by atoms with Crippen LogP contribution in [0.15, 0.2) is 47.1 Å². The van der Waals surface area contributed by atoms with E-state index < -0.39 is 6.10 Å². The van der Waals surface area contributed by atoms with Crippen LogP contribution in [0.4, 0.5) is 0 Å². The molecule has 3 rings (SSSR count). The monoisotopic (exact) mass is 354 g/mol. The summed E-state index contributed by atoms with van der Waals surface area (Å²) in [4.78, 5) is 2.03. The normalized spacial score (nSPS) is 17.7. The summed E-state index contributed by atoms with van der Waals surface area (Å²) in [5.41, 5.74) is 2.61. The second kappa shape index (κ2) is 9.54. The van der Waals surface area contributed by atoms with Crippen LogP contribution in [-0.2, 0) is 17.7 Å². The van der Waals surface area contributed by atoms with E-state index in [0.717, 1.165) is 25.0 Å². The molecular formula is C21H26N2O3. The Balaban J connectivity index is 1.52. The summed E-state index contributed by atoms with van der Waals surface area (Å²) in [6, 6.07) is 14.3. The minimum Gasteiger partial charge on any atom is -0.468 e. The number of ether oxygens (including phenoxy) is 1. The van der Waals surface area contributed by atoms with E-state index in [9.17, 15) is 5.11 Å². The molecule has 1 heterocycles. The van der Waals surface area contributed by atoms with Gasteiger partial charge in [0.15, 0.2) is 0 Å². The molecule has 2 atom stereocenters. The molecule has 1 aromatic carbocycles. The molecule has 0 bridgehead atoms. The first-order valence-corrected chi connectivity index (χ1v) is 9.25. The van der Waals surface area contributed by atoms with Crippen LogP contribution in [0.25, 0.3) is 0 Å². The predicted molar refractivity (Wildman–Crippen MR) is 98.3 cm³/mol. The lowest BCUT2D eigenvalue weighted by Gasteiger charge is -2.28. The van der Waals surface area contributed by atoms with Crippen LogP contribution in [-0.4, -0.2) is 35.8 Å². The molecule has 0 saturated carbocycles. The summed E-state index contributed by atoms with van der Waals surface area (Å²) >= 11 is 0. The Labute approximate surface area is 154 Å². The Morgan fingerprint density at radius 3 is 3.00 bits per heavy atom. The third kappa shape index (κ3) is 5.18. The van der Waals surface area contributed by atoms with Crippen LogP contribution >= 0.6 is 0 Å². The fourth-order valence-electron chi connectivity index (χ4n) is 3.53. The van der Waals surface area contributed by atoms with Gasteiger partial charge in [0.2, 0.25) is 0 Å². The first-order chi connectivity index (χ1) is 12.8. The number of hydrogen-bond acceptors (Lipinski definition) is 5. The van der Waals surface area contributed by atoms with Gasteiger partial charge < -0.3 is 14.3 Å². The number of hydrogen-bond donors (Lipinski definition) is 1. The maximum Gasteiger partial charge on any atom is 0.117 e. The van der Waals surface area contributed by atoms with Crippen molar-refractivity contribution in [3.8, 4) is 6.07 Å². The van der Waals surface area contributed by atoms with E-state index >= 15 is 0 Å². The number of nitriles is 1. The zero-order valence-electron chi connectivity index (χ0n) is 15.0. The maximum absolute atomic E-state index is 10.4. The molecule has 5 nitrogen and oxygen atoms in total. The van der Waals surface area contributed by atoms with Crippen LogP contribution in [0.1, 0.15) is 42.3 Å². The van der Waals surface area contributed by atoms with Crippen molar-refractivity contribution in [2.45, 2.75) is 44.4 Å². The Morgan fingerprint density at radius 1 is 1.31 bits per heavy atom. The van der Waals surface area contributed by atoms with E-state index in [0.29, 0.717) is 32.7 Å². The molecule has 0 radical (unpaired) electrons. The fourth-order valence-corrected chi connectivity index (χ4v) is 3.53. The zero-order chi connectivity index (χ0) is 18.2.